The summed E-state index contributed by atoms with van der Waals surface area (Å²) in [6.45, 7) is 3.71. The molecule has 0 saturated carbocycles. The summed E-state index contributed by atoms with van der Waals surface area (Å²) in [5.41, 5.74) is 0.782. The molecule has 0 radical (unpaired) electrons. The van der Waals surface area contributed by atoms with Crippen molar-refractivity contribution in [3.05, 3.63) is 35.4 Å². The number of likely N-dealkylation sites (tertiary alicyclic amines) is 2. The Hall–Kier alpha value is -1.51. The van der Waals surface area contributed by atoms with E-state index in [4.69, 9.17) is 0 Å². The van der Waals surface area contributed by atoms with Gasteiger partial charge in [-0.05, 0) is 63.9 Å². The van der Waals surface area contributed by atoms with Crippen LogP contribution in [0.1, 0.15) is 59.2 Å². The van der Waals surface area contributed by atoms with Gasteiger partial charge in [0.25, 0.3) is 11.8 Å². The Morgan fingerprint density at radius 2 is 1.52 bits per heavy atom. The highest BCUT2D eigenvalue weighted by Gasteiger charge is 2.46. The minimum Gasteiger partial charge on any atom is -0.378 e. The average Bonchev–Trinajstić information content (AvgIpc) is 2.97. The van der Waals surface area contributed by atoms with Crippen molar-refractivity contribution in [3.63, 3.8) is 0 Å². The Balaban J connectivity index is 0.00000240. The number of hydrogen-bond donors (Lipinski definition) is 2. The van der Waals surface area contributed by atoms with Crippen LogP contribution in [-0.2, 0) is 0 Å². The van der Waals surface area contributed by atoms with E-state index in [-0.39, 0.29) is 24.2 Å². The molecule has 3 aliphatic heterocycles. The van der Waals surface area contributed by atoms with E-state index in [0.29, 0.717) is 30.5 Å². The third-order valence-electron chi connectivity index (χ3n) is 6.28. The summed E-state index contributed by atoms with van der Waals surface area (Å²) in [6, 6.07) is 6.14. The van der Waals surface area contributed by atoms with Gasteiger partial charge in [0.05, 0.1) is 17.2 Å². The number of rotatable bonds is 5. The van der Waals surface area contributed by atoms with Gasteiger partial charge in [0.2, 0.25) is 0 Å². The first-order chi connectivity index (χ1) is 13.6. The van der Waals surface area contributed by atoms with E-state index in [9.17, 15) is 19.8 Å². The lowest BCUT2D eigenvalue weighted by Crippen LogP contribution is -2.60. The predicted molar refractivity (Wildman–Crippen MR) is 111 cm³/mol. The van der Waals surface area contributed by atoms with Gasteiger partial charge in [-0.3, -0.25) is 19.4 Å². The van der Waals surface area contributed by atoms with Crippen molar-refractivity contribution in [2.45, 2.75) is 57.0 Å². The van der Waals surface area contributed by atoms with Crippen molar-refractivity contribution < 1.29 is 19.8 Å². The number of imide groups is 1. The summed E-state index contributed by atoms with van der Waals surface area (Å²) >= 11 is 0. The molecule has 3 aliphatic rings. The third-order valence-corrected chi connectivity index (χ3v) is 6.28. The first kappa shape index (κ1) is 22.2. The molecule has 2 N–H and O–H groups in total. The van der Waals surface area contributed by atoms with Crippen LogP contribution in [0.25, 0.3) is 0 Å². The molecule has 0 bridgehead atoms. The molecule has 2 saturated heterocycles. The summed E-state index contributed by atoms with van der Waals surface area (Å²) in [5.74, 6) is -0.705. The summed E-state index contributed by atoms with van der Waals surface area (Å²) in [7, 11) is 0. The molecule has 3 heterocycles. The highest BCUT2D eigenvalue weighted by Crippen LogP contribution is 2.31. The molecule has 29 heavy (non-hydrogen) atoms. The Morgan fingerprint density at radius 1 is 0.897 bits per heavy atom. The van der Waals surface area contributed by atoms with Gasteiger partial charge < -0.3 is 15.1 Å². The van der Waals surface area contributed by atoms with Crippen molar-refractivity contribution >= 4 is 24.2 Å². The van der Waals surface area contributed by atoms with Crippen molar-refractivity contribution in [2.75, 3.05) is 26.2 Å². The van der Waals surface area contributed by atoms with Crippen molar-refractivity contribution in [1.29, 1.82) is 0 Å². The molecule has 2 fully saturated rings. The van der Waals surface area contributed by atoms with Crippen LogP contribution in [0.4, 0.5) is 0 Å². The van der Waals surface area contributed by atoms with Crippen LogP contribution in [0.3, 0.4) is 0 Å². The Labute approximate surface area is 177 Å². The van der Waals surface area contributed by atoms with Gasteiger partial charge in [-0.15, -0.1) is 12.4 Å². The van der Waals surface area contributed by atoms with Crippen molar-refractivity contribution in [2.24, 2.45) is 0 Å². The van der Waals surface area contributed by atoms with Gasteiger partial charge in [0.1, 0.15) is 12.5 Å². The number of carbonyl (C=O) groups excluding carboxylic acids is 2. The lowest BCUT2D eigenvalue weighted by Gasteiger charge is -2.44. The minimum atomic E-state index is -1.05. The maximum absolute atomic E-state index is 12.8. The number of nitrogens with zero attached hydrogens (tertiary/aromatic N) is 3. The van der Waals surface area contributed by atoms with E-state index >= 15 is 0 Å². The fourth-order valence-electron chi connectivity index (χ4n) is 4.74. The van der Waals surface area contributed by atoms with Gasteiger partial charge in [-0.1, -0.05) is 18.6 Å². The molecule has 160 valence electrons. The molecule has 0 aromatic heterocycles. The Bertz CT molecular complexity index is 705. The quantitative estimate of drug-likeness (QED) is 0.701. The summed E-state index contributed by atoms with van der Waals surface area (Å²) in [5, 5.41) is 21.3. The maximum Gasteiger partial charge on any atom is 0.261 e. The second-order valence-corrected chi connectivity index (χ2v) is 8.06. The molecule has 4 rings (SSSR count). The van der Waals surface area contributed by atoms with E-state index in [1.807, 2.05) is 0 Å². The van der Waals surface area contributed by atoms with Gasteiger partial charge >= 0.3 is 0 Å². The molecule has 1 aromatic rings. The van der Waals surface area contributed by atoms with E-state index in [0.717, 1.165) is 26.1 Å². The topological polar surface area (TPSA) is 84.3 Å². The lowest BCUT2D eigenvalue weighted by atomic mass is 10.00. The van der Waals surface area contributed by atoms with E-state index in [1.54, 1.807) is 29.2 Å². The number of fused-ring (bicyclic) bond motifs is 1. The van der Waals surface area contributed by atoms with Crippen molar-refractivity contribution in [3.8, 4) is 0 Å². The first-order valence-corrected chi connectivity index (χ1v) is 10.4. The van der Waals surface area contributed by atoms with Crippen LogP contribution >= 0.6 is 12.4 Å². The van der Waals surface area contributed by atoms with Gasteiger partial charge in [-0.2, -0.15) is 0 Å². The molecule has 3 atom stereocenters. The number of benzene rings is 1. The van der Waals surface area contributed by atoms with Crippen LogP contribution in [0.2, 0.25) is 0 Å². The fraction of sp³-hybridized carbons (Fsp3) is 0.619. The first-order valence-electron chi connectivity index (χ1n) is 10.4. The monoisotopic (exact) mass is 423 g/mol. The lowest BCUT2D eigenvalue weighted by molar-refractivity contribution is -0.155. The zero-order valence-corrected chi connectivity index (χ0v) is 17.4. The van der Waals surface area contributed by atoms with Gasteiger partial charge in [-0.25, -0.2) is 0 Å². The van der Waals surface area contributed by atoms with E-state index in [2.05, 4.69) is 4.90 Å². The van der Waals surface area contributed by atoms with E-state index in [1.165, 1.54) is 24.2 Å². The molecule has 1 aromatic carbocycles. The summed E-state index contributed by atoms with van der Waals surface area (Å²) < 4.78 is 0. The third kappa shape index (κ3) is 4.34. The van der Waals surface area contributed by atoms with Crippen LogP contribution in [-0.4, -0.2) is 81.4 Å². The number of hydrogen-bond acceptors (Lipinski definition) is 6. The molecule has 8 heteroatoms. The van der Waals surface area contributed by atoms with E-state index < -0.39 is 18.5 Å². The molecule has 7 nitrogen and oxygen atoms in total. The number of amides is 2. The standard InChI is InChI=1S/C21H29N3O4.ClH/c25-18-10-9-17(24-19(26)15-7-2-3-8-16(15)20(24)27)21(28)23(18)14-6-13-22-11-4-1-5-12-22;/h2-3,7-8,17-18,21,25,28H,1,4-6,9-14H2;1H. The molecule has 2 amide bonds. The zero-order valence-electron chi connectivity index (χ0n) is 16.6. The smallest absolute Gasteiger partial charge is 0.261 e. The van der Waals surface area contributed by atoms with Crippen LogP contribution in [0.5, 0.6) is 0 Å². The highest BCUT2D eigenvalue weighted by molar-refractivity contribution is 6.21. The summed E-state index contributed by atoms with van der Waals surface area (Å²) in [6.07, 6.45) is 3.63. The molecule has 3 unspecified atom stereocenters. The van der Waals surface area contributed by atoms with Crippen LogP contribution in [0.15, 0.2) is 24.3 Å². The normalized spacial score (nSPS) is 28.3. The fourth-order valence-corrected chi connectivity index (χ4v) is 4.74. The Kier molecular flexibility index (Phi) is 7.29. The number of piperidine rings is 2. The minimum absolute atomic E-state index is 0. The maximum atomic E-state index is 12.8. The largest absolute Gasteiger partial charge is 0.378 e. The van der Waals surface area contributed by atoms with Crippen LogP contribution in [0, 0.1) is 0 Å². The average molecular weight is 424 g/mol. The van der Waals surface area contributed by atoms with Crippen molar-refractivity contribution in [1.82, 2.24) is 14.7 Å². The zero-order chi connectivity index (χ0) is 19.7. The highest BCUT2D eigenvalue weighted by atomic mass is 35.5. The van der Waals surface area contributed by atoms with Gasteiger partial charge in [0, 0.05) is 6.54 Å². The second kappa shape index (κ2) is 9.53. The number of carbonyl (C=O) groups is 2. The number of halogens is 1. The SMILES string of the molecule is Cl.O=C1c2ccccc2C(=O)N1C1CCC(O)N(CCCN2CCCCC2)C1O. The molecular formula is C21H30ClN3O4. The van der Waals surface area contributed by atoms with Gasteiger partial charge in [0.15, 0.2) is 0 Å². The summed E-state index contributed by atoms with van der Waals surface area (Å²) in [4.78, 5) is 30.8. The van der Waals surface area contributed by atoms with Crippen LogP contribution < -0.4 is 0 Å². The molecule has 0 aliphatic carbocycles. The second-order valence-electron chi connectivity index (χ2n) is 8.06. The predicted octanol–water partition coefficient (Wildman–Crippen LogP) is 1.68. The molecule has 0 spiro atoms. The number of aliphatic hydroxyl groups excluding tert-OH is 2. The molecular weight excluding hydrogens is 394 g/mol. The number of aliphatic hydroxyl groups is 2. The Morgan fingerprint density at radius 3 is 2.14 bits per heavy atom.